The van der Waals surface area contributed by atoms with Gasteiger partial charge in [-0.25, -0.2) is 4.79 Å². The van der Waals surface area contributed by atoms with Gasteiger partial charge in [-0.1, -0.05) is 0 Å². The number of hydrogen-bond acceptors (Lipinski definition) is 3. The van der Waals surface area contributed by atoms with Gasteiger partial charge in [-0.2, -0.15) is 0 Å². The van der Waals surface area contributed by atoms with Crippen LogP contribution in [0.3, 0.4) is 0 Å². The molecule has 0 heterocycles. The number of ether oxygens (including phenoxy) is 1. The van der Waals surface area contributed by atoms with Crippen LogP contribution in [-0.4, -0.2) is 29.4 Å². The van der Waals surface area contributed by atoms with Crippen molar-refractivity contribution in [2.24, 2.45) is 11.8 Å². The summed E-state index contributed by atoms with van der Waals surface area (Å²) < 4.78 is 5.20. The minimum absolute atomic E-state index is 0.204. The van der Waals surface area contributed by atoms with Gasteiger partial charge in [-0.15, -0.1) is 0 Å². The zero-order valence-corrected chi connectivity index (χ0v) is 12.0. The summed E-state index contributed by atoms with van der Waals surface area (Å²) in [6.45, 7) is 8.13. The number of carbonyl (C=O) groups excluding carboxylic acids is 1. The van der Waals surface area contributed by atoms with Crippen molar-refractivity contribution >= 4 is 6.09 Å². The predicted octanol–water partition coefficient (Wildman–Crippen LogP) is 2.70. The highest BCUT2D eigenvalue weighted by Crippen LogP contribution is 2.30. The molecule has 1 atom stereocenters. The Balaban J connectivity index is 2.20. The number of amides is 1. The third kappa shape index (κ3) is 5.71. The summed E-state index contributed by atoms with van der Waals surface area (Å²) in [6.07, 6.45) is 3.72. The Kier molecular flexibility index (Phi) is 5.45. The Morgan fingerprint density at radius 3 is 2.33 bits per heavy atom. The van der Waals surface area contributed by atoms with Crippen LogP contribution in [0.15, 0.2) is 0 Å². The fourth-order valence-corrected chi connectivity index (χ4v) is 2.42. The van der Waals surface area contributed by atoms with E-state index in [9.17, 15) is 9.90 Å². The van der Waals surface area contributed by atoms with E-state index in [4.69, 9.17) is 4.74 Å². The molecule has 1 amide bonds. The molecule has 0 aromatic rings. The quantitative estimate of drug-likeness (QED) is 0.817. The van der Waals surface area contributed by atoms with Crippen molar-refractivity contribution in [2.45, 2.75) is 65.1 Å². The topological polar surface area (TPSA) is 58.6 Å². The van der Waals surface area contributed by atoms with Crippen molar-refractivity contribution in [2.75, 3.05) is 6.54 Å². The zero-order valence-electron chi connectivity index (χ0n) is 12.0. The average Bonchev–Trinajstić information content (AvgIpc) is 2.24. The largest absolute Gasteiger partial charge is 0.444 e. The Labute approximate surface area is 110 Å². The molecule has 0 spiro atoms. The molecule has 0 aliphatic heterocycles. The SMILES string of the molecule is CC(O)[C@H]1CC[C@H](CNC(=O)OC(C)(C)C)CC1. The molecule has 1 saturated carbocycles. The number of aliphatic hydroxyl groups excluding tert-OH is 1. The van der Waals surface area contributed by atoms with Crippen LogP contribution in [0.4, 0.5) is 4.79 Å². The number of rotatable bonds is 3. The highest BCUT2D eigenvalue weighted by molar-refractivity contribution is 5.67. The van der Waals surface area contributed by atoms with Crippen molar-refractivity contribution in [3.05, 3.63) is 0 Å². The van der Waals surface area contributed by atoms with Gasteiger partial charge in [0.15, 0.2) is 0 Å². The van der Waals surface area contributed by atoms with Gasteiger partial charge in [0, 0.05) is 6.54 Å². The molecular weight excluding hydrogens is 230 g/mol. The Morgan fingerprint density at radius 1 is 1.33 bits per heavy atom. The van der Waals surface area contributed by atoms with Crippen LogP contribution in [0.25, 0.3) is 0 Å². The molecule has 0 bridgehead atoms. The van der Waals surface area contributed by atoms with E-state index >= 15 is 0 Å². The average molecular weight is 257 g/mol. The molecule has 2 N–H and O–H groups in total. The zero-order chi connectivity index (χ0) is 13.8. The second-order valence-corrected chi connectivity index (χ2v) is 6.40. The molecule has 0 aromatic carbocycles. The maximum Gasteiger partial charge on any atom is 0.407 e. The van der Waals surface area contributed by atoms with E-state index in [0.29, 0.717) is 18.4 Å². The third-order valence-electron chi connectivity index (χ3n) is 3.51. The van der Waals surface area contributed by atoms with E-state index < -0.39 is 5.60 Å². The smallest absolute Gasteiger partial charge is 0.407 e. The summed E-state index contributed by atoms with van der Waals surface area (Å²) >= 11 is 0. The van der Waals surface area contributed by atoms with Gasteiger partial charge in [-0.3, -0.25) is 0 Å². The first-order valence-corrected chi connectivity index (χ1v) is 6.93. The Bertz CT molecular complexity index is 263. The first-order valence-electron chi connectivity index (χ1n) is 6.93. The summed E-state index contributed by atoms with van der Waals surface area (Å²) in [4.78, 5) is 11.5. The molecule has 1 fully saturated rings. The first-order chi connectivity index (χ1) is 8.28. The molecule has 4 nitrogen and oxygen atoms in total. The number of nitrogens with one attached hydrogen (secondary N) is 1. The maximum absolute atomic E-state index is 11.5. The molecule has 1 rings (SSSR count). The van der Waals surface area contributed by atoms with Crippen molar-refractivity contribution in [3.63, 3.8) is 0 Å². The molecule has 0 radical (unpaired) electrons. The summed E-state index contributed by atoms with van der Waals surface area (Å²) in [5.74, 6) is 0.954. The van der Waals surface area contributed by atoms with Gasteiger partial charge in [-0.05, 0) is 65.2 Å². The summed E-state index contributed by atoms with van der Waals surface area (Å²) in [6, 6.07) is 0. The molecule has 0 saturated heterocycles. The van der Waals surface area contributed by atoms with E-state index in [1.54, 1.807) is 0 Å². The highest BCUT2D eigenvalue weighted by atomic mass is 16.6. The molecule has 1 aliphatic carbocycles. The minimum Gasteiger partial charge on any atom is -0.444 e. The van der Waals surface area contributed by atoms with Crippen LogP contribution in [0.2, 0.25) is 0 Å². The molecule has 0 aromatic heterocycles. The van der Waals surface area contributed by atoms with Gasteiger partial charge < -0.3 is 15.2 Å². The number of alkyl carbamates (subject to hydrolysis) is 1. The lowest BCUT2D eigenvalue weighted by Crippen LogP contribution is -2.36. The van der Waals surface area contributed by atoms with Gasteiger partial charge in [0.05, 0.1) is 6.10 Å². The second-order valence-electron chi connectivity index (χ2n) is 6.40. The van der Waals surface area contributed by atoms with Crippen molar-refractivity contribution in [1.29, 1.82) is 0 Å². The number of aliphatic hydroxyl groups is 1. The number of hydrogen-bond donors (Lipinski definition) is 2. The van der Waals surface area contributed by atoms with E-state index in [1.807, 2.05) is 27.7 Å². The predicted molar refractivity (Wildman–Crippen MR) is 71.4 cm³/mol. The molecule has 1 aliphatic rings. The molecular formula is C14H27NO3. The lowest BCUT2D eigenvalue weighted by molar-refractivity contribution is 0.0499. The molecule has 4 heteroatoms. The highest BCUT2D eigenvalue weighted by Gasteiger charge is 2.25. The Hall–Kier alpha value is -0.770. The normalized spacial score (nSPS) is 26.5. The van der Waals surface area contributed by atoms with Crippen molar-refractivity contribution in [3.8, 4) is 0 Å². The van der Waals surface area contributed by atoms with Crippen LogP contribution < -0.4 is 5.32 Å². The second kappa shape index (κ2) is 6.41. The molecule has 1 unspecified atom stereocenters. The number of carbonyl (C=O) groups is 1. The summed E-state index contributed by atoms with van der Waals surface area (Å²) in [5.41, 5.74) is -0.436. The first kappa shape index (κ1) is 15.3. The van der Waals surface area contributed by atoms with Gasteiger partial charge >= 0.3 is 6.09 Å². The standard InChI is InChI=1S/C14H27NO3/c1-10(16)12-7-5-11(6-8-12)9-15-13(17)18-14(2,3)4/h10-12,16H,5-9H2,1-4H3,(H,15,17)/t10?,11-,12-. The Morgan fingerprint density at radius 2 is 1.89 bits per heavy atom. The lowest BCUT2D eigenvalue weighted by Gasteiger charge is -2.30. The van der Waals surface area contributed by atoms with Gasteiger partial charge in [0.1, 0.15) is 5.60 Å². The molecule has 106 valence electrons. The third-order valence-corrected chi connectivity index (χ3v) is 3.51. The van der Waals surface area contributed by atoms with E-state index in [0.717, 1.165) is 25.7 Å². The van der Waals surface area contributed by atoms with Crippen LogP contribution >= 0.6 is 0 Å². The van der Waals surface area contributed by atoms with E-state index in [-0.39, 0.29) is 12.2 Å². The van der Waals surface area contributed by atoms with Crippen LogP contribution in [-0.2, 0) is 4.74 Å². The van der Waals surface area contributed by atoms with Crippen LogP contribution in [0.5, 0.6) is 0 Å². The van der Waals surface area contributed by atoms with Gasteiger partial charge in [0.25, 0.3) is 0 Å². The van der Waals surface area contributed by atoms with Crippen LogP contribution in [0.1, 0.15) is 53.4 Å². The maximum atomic E-state index is 11.5. The fourth-order valence-electron chi connectivity index (χ4n) is 2.42. The van der Waals surface area contributed by atoms with E-state index in [1.165, 1.54) is 0 Å². The lowest BCUT2D eigenvalue weighted by atomic mass is 9.80. The van der Waals surface area contributed by atoms with E-state index in [2.05, 4.69) is 5.32 Å². The minimum atomic E-state index is -0.436. The monoisotopic (exact) mass is 257 g/mol. The summed E-state index contributed by atoms with van der Waals surface area (Å²) in [7, 11) is 0. The summed E-state index contributed by atoms with van der Waals surface area (Å²) in [5, 5.41) is 12.3. The van der Waals surface area contributed by atoms with Crippen molar-refractivity contribution < 1.29 is 14.6 Å². The fraction of sp³-hybridized carbons (Fsp3) is 0.929. The van der Waals surface area contributed by atoms with Gasteiger partial charge in [0.2, 0.25) is 0 Å². The van der Waals surface area contributed by atoms with Crippen LogP contribution in [0, 0.1) is 11.8 Å². The van der Waals surface area contributed by atoms with Crippen molar-refractivity contribution in [1.82, 2.24) is 5.32 Å². The molecule has 18 heavy (non-hydrogen) atoms.